The number of benzene rings is 1. The first kappa shape index (κ1) is 25.1. The van der Waals surface area contributed by atoms with Crippen molar-refractivity contribution in [1.82, 2.24) is 20.9 Å². The third-order valence-corrected chi connectivity index (χ3v) is 5.22. The number of rotatable bonds is 8. The van der Waals surface area contributed by atoms with Crippen LogP contribution >= 0.6 is 23.2 Å². The molecule has 0 aliphatic carbocycles. The zero-order valence-corrected chi connectivity index (χ0v) is 19.3. The van der Waals surface area contributed by atoms with Crippen LogP contribution in [0.2, 0.25) is 10.0 Å². The number of aliphatic imine (C=N–C) groups is 1. The summed E-state index contributed by atoms with van der Waals surface area (Å²) in [7, 11) is 0. The molecule has 0 saturated heterocycles. The van der Waals surface area contributed by atoms with Gasteiger partial charge in [0.2, 0.25) is 5.91 Å². The van der Waals surface area contributed by atoms with Crippen molar-refractivity contribution in [3.63, 3.8) is 0 Å². The Morgan fingerprint density at radius 3 is 2.68 bits per heavy atom. The zero-order chi connectivity index (χ0) is 24.7. The van der Waals surface area contributed by atoms with Crippen molar-refractivity contribution in [3.8, 4) is 5.75 Å². The number of hydrogen-bond acceptors (Lipinski definition) is 8. The smallest absolute Gasteiger partial charge is 0.305 e. The molecule has 1 aromatic carbocycles. The van der Waals surface area contributed by atoms with E-state index in [-0.39, 0.29) is 21.2 Å². The maximum Gasteiger partial charge on any atom is 0.305 e. The number of aromatic hydroxyl groups is 1. The van der Waals surface area contributed by atoms with E-state index in [1.165, 1.54) is 24.5 Å². The summed E-state index contributed by atoms with van der Waals surface area (Å²) in [6.45, 7) is 1.03. The van der Waals surface area contributed by atoms with Crippen LogP contribution in [0, 0.1) is 0 Å². The minimum atomic E-state index is -1.22. The lowest BCUT2D eigenvalue weighted by Gasteiger charge is -2.19. The Bertz CT molecular complexity index is 1130. The molecule has 0 spiro atoms. The number of nitrogens with one attached hydrogen (secondary N) is 4. The molecule has 0 radical (unpaired) electrons. The van der Waals surface area contributed by atoms with Gasteiger partial charge in [-0.25, -0.2) is 0 Å². The Labute approximate surface area is 204 Å². The number of aliphatic carboxylic acids is 1. The van der Waals surface area contributed by atoms with E-state index >= 15 is 0 Å². The minimum Gasteiger partial charge on any atom is -0.506 e. The molecule has 0 fully saturated rings. The second-order valence-electron chi connectivity index (χ2n) is 7.32. The van der Waals surface area contributed by atoms with Crippen LogP contribution in [0.3, 0.4) is 0 Å². The average Bonchev–Trinajstić information content (AvgIpc) is 2.80. The Balaban J connectivity index is 1.62. The molecule has 1 atom stereocenters. The number of pyridine rings is 1. The monoisotopic (exact) mass is 508 g/mol. The Morgan fingerprint density at radius 2 is 1.97 bits per heavy atom. The first-order valence-electron chi connectivity index (χ1n) is 10.2. The van der Waals surface area contributed by atoms with Crippen molar-refractivity contribution < 1.29 is 24.6 Å². The summed E-state index contributed by atoms with van der Waals surface area (Å²) in [5.41, 5.74) is 0.789. The van der Waals surface area contributed by atoms with Gasteiger partial charge in [0.15, 0.2) is 5.96 Å². The number of carbonyl (C=O) groups is 3. The molecule has 6 N–H and O–H groups in total. The molecule has 3 rings (SSSR count). The molecule has 2 heterocycles. The van der Waals surface area contributed by atoms with Crippen LogP contribution < -0.4 is 21.3 Å². The standard InChI is InChI=1S/C21H22Cl2N6O5/c22-12-5-14(19(33)15(23)6-12)16(7-18(31)32)29-17(30)10-27-20(34)11-4-13(9-24-8-11)28-21-25-2-1-3-26-21/h4-6,8-9,16,33H,1-3,7,10H2,(H,27,34)(H,29,30)(H,31,32)(H2,25,26,28). The van der Waals surface area contributed by atoms with Crippen molar-refractivity contribution in [2.45, 2.75) is 18.9 Å². The van der Waals surface area contributed by atoms with Gasteiger partial charge in [-0.1, -0.05) is 23.2 Å². The van der Waals surface area contributed by atoms with Gasteiger partial charge in [-0.2, -0.15) is 0 Å². The van der Waals surface area contributed by atoms with E-state index in [2.05, 4.69) is 31.2 Å². The summed E-state index contributed by atoms with van der Waals surface area (Å²) in [5.74, 6) is -2.28. The predicted molar refractivity (Wildman–Crippen MR) is 126 cm³/mol. The van der Waals surface area contributed by atoms with Gasteiger partial charge in [0.05, 0.1) is 41.5 Å². The number of carboxylic acids is 1. The highest BCUT2D eigenvalue weighted by Gasteiger charge is 2.23. The second kappa shape index (κ2) is 11.5. The highest BCUT2D eigenvalue weighted by Crippen LogP contribution is 2.36. The van der Waals surface area contributed by atoms with E-state index in [1.54, 1.807) is 6.07 Å². The Kier molecular flexibility index (Phi) is 8.50. The van der Waals surface area contributed by atoms with Crippen molar-refractivity contribution in [2.24, 2.45) is 4.99 Å². The molecule has 1 aliphatic heterocycles. The lowest BCUT2D eigenvalue weighted by atomic mass is 10.0. The Hall–Kier alpha value is -3.57. The number of phenols is 1. The third-order valence-electron chi connectivity index (χ3n) is 4.72. The first-order valence-corrected chi connectivity index (χ1v) is 11.0. The number of anilines is 1. The molecule has 2 aromatic rings. The predicted octanol–water partition coefficient (Wildman–Crippen LogP) is 1.92. The molecule has 1 aliphatic rings. The summed E-state index contributed by atoms with van der Waals surface area (Å²) in [5, 5.41) is 30.5. The van der Waals surface area contributed by atoms with E-state index in [0.717, 1.165) is 13.0 Å². The largest absolute Gasteiger partial charge is 0.506 e. The van der Waals surface area contributed by atoms with Gasteiger partial charge in [0, 0.05) is 29.9 Å². The van der Waals surface area contributed by atoms with Crippen LogP contribution in [0.15, 0.2) is 35.6 Å². The maximum atomic E-state index is 12.5. The summed E-state index contributed by atoms with van der Waals surface area (Å²) < 4.78 is 0. The number of carbonyl (C=O) groups excluding carboxylic acids is 2. The fourth-order valence-electron chi connectivity index (χ4n) is 3.16. The molecule has 0 saturated carbocycles. The topological polar surface area (TPSA) is 165 Å². The molecule has 180 valence electrons. The molecule has 13 heteroatoms. The molecular formula is C21H22Cl2N6O5. The number of aromatic nitrogens is 1. The van der Waals surface area contributed by atoms with Crippen LogP contribution in [0.25, 0.3) is 0 Å². The van der Waals surface area contributed by atoms with Gasteiger partial charge >= 0.3 is 5.97 Å². The van der Waals surface area contributed by atoms with Gasteiger partial charge in [-0.3, -0.25) is 24.4 Å². The first-order chi connectivity index (χ1) is 16.2. The Morgan fingerprint density at radius 1 is 1.18 bits per heavy atom. The summed E-state index contributed by atoms with van der Waals surface area (Å²) in [6.07, 6.45) is 3.26. The molecular weight excluding hydrogens is 487 g/mol. The average molecular weight is 509 g/mol. The van der Waals surface area contributed by atoms with E-state index < -0.39 is 42.5 Å². The van der Waals surface area contributed by atoms with Gasteiger partial charge in [-0.15, -0.1) is 0 Å². The molecule has 11 nitrogen and oxygen atoms in total. The molecule has 1 unspecified atom stereocenters. The minimum absolute atomic E-state index is 0.0433. The van der Waals surface area contributed by atoms with Crippen molar-refractivity contribution in [2.75, 3.05) is 25.0 Å². The summed E-state index contributed by atoms with van der Waals surface area (Å²) in [4.78, 5) is 44.5. The van der Waals surface area contributed by atoms with Crippen LogP contribution in [0.5, 0.6) is 5.75 Å². The molecule has 0 bridgehead atoms. The second-order valence-corrected chi connectivity index (χ2v) is 8.17. The summed E-state index contributed by atoms with van der Waals surface area (Å²) in [6, 6.07) is 3.02. The van der Waals surface area contributed by atoms with Gasteiger partial charge in [0.25, 0.3) is 5.91 Å². The number of phenolic OH excluding ortho intramolecular Hbond substituents is 1. The van der Waals surface area contributed by atoms with Gasteiger partial charge < -0.3 is 31.5 Å². The number of guanidine groups is 1. The molecule has 34 heavy (non-hydrogen) atoms. The van der Waals surface area contributed by atoms with E-state index in [1.807, 2.05) is 0 Å². The van der Waals surface area contributed by atoms with E-state index in [9.17, 15) is 24.6 Å². The number of nitrogens with zero attached hydrogens (tertiary/aromatic N) is 2. The number of halogens is 2. The van der Waals surface area contributed by atoms with Gasteiger partial charge in [0.1, 0.15) is 5.75 Å². The van der Waals surface area contributed by atoms with Gasteiger partial charge in [-0.05, 0) is 24.6 Å². The lowest BCUT2D eigenvalue weighted by Crippen LogP contribution is -2.39. The fourth-order valence-corrected chi connectivity index (χ4v) is 3.67. The highest BCUT2D eigenvalue weighted by atomic mass is 35.5. The van der Waals surface area contributed by atoms with E-state index in [0.29, 0.717) is 18.2 Å². The molecule has 1 aromatic heterocycles. The van der Waals surface area contributed by atoms with Crippen LogP contribution in [-0.2, 0) is 9.59 Å². The quantitative estimate of drug-likeness (QED) is 0.314. The number of carboxylic acid groups (broad SMARTS) is 1. The fraction of sp³-hybridized carbons (Fsp3) is 0.286. The van der Waals surface area contributed by atoms with Crippen molar-refractivity contribution in [1.29, 1.82) is 0 Å². The SMILES string of the molecule is O=C(O)CC(NC(=O)CNC(=O)c1cncc(NC2=NCCCN2)c1)c1cc(Cl)cc(Cl)c1O. The number of amides is 2. The highest BCUT2D eigenvalue weighted by molar-refractivity contribution is 6.35. The van der Waals surface area contributed by atoms with Crippen molar-refractivity contribution in [3.05, 3.63) is 51.8 Å². The van der Waals surface area contributed by atoms with Crippen LogP contribution in [0.4, 0.5) is 5.69 Å². The molecule has 2 amide bonds. The summed E-state index contributed by atoms with van der Waals surface area (Å²) >= 11 is 11.9. The third kappa shape index (κ3) is 6.96. The van der Waals surface area contributed by atoms with Crippen LogP contribution in [-0.4, -0.2) is 58.6 Å². The maximum absolute atomic E-state index is 12.5. The normalized spacial score (nSPS) is 13.8. The van der Waals surface area contributed by atoms with Crippen LogP contribution in [0.1, 0.15) is 34.8 Å². The lowest BCUT2D eigenvalue weighted by molar-refractivity contribution is -0.137. The zero-order valence-electron chi connectivity index (χ0n) is 17.8. The number of hydrogen-bond donors (Lipinski definition) is 6. The van der Waals surface area contributed by atoms with Crippen molar-refractivity contribution >= 4 is 52.6 Å². The van der Waals surface area contributed by atoms with E-state index in [4.69, 9.17) is 23.2 Å².